The summed E-state index contributed by atoms with van der Waals surface area (Å²) < 4.78 is 62.4. The van der Waals surface area contributed by atoms with E-state index in [4.69, 9.17) is 28.0 Å². The van der Waals surface area contributed by atoms with Gasteiger partial charge >= 0.3 is 15.5 Å². The number of sulfonamides is 1. The molecule has 0 spiro atoms. The molecule has 26 heavy (non-hydrogen) atoms. The second-order valence-electron chi connectivity index (χ2n) is 4.82. The molecule has 1 heterocycles. The lowest BCUT2D eigenvalue weighted by molar-refractivity contribution is -0.0429. The van der Waals surface area contributed by atoms with Gasteiger partial charge in [0.1, 0.15) is 6.61 Å². The molecule has 2 N–H and O–H groups in total. The summed E-state index contributed by atoms with van der Waals surface area (Å²) in [4.78, 5) is 5.99. The average Bonchev–Trinajstić information content (AvgIpc) is 2.93. The Labute approximate surface area is 161 Å². The van der Waals surface area contributed by atoms with Crippen molar-refractivity contribution in [2.24, 2.45) is 0 Å². The molecule has 0 radical (unpaired) electrons. The van der Waals surface area contributed by atoms with Crippen molar-refractivity contribution in [3.63, 3.8) is 0 Å². The van der Waals surface area contributed by atoms with Gasteiger partial charge in [-0.15, -0.1) is 11.3 Å². The molecule has 2 rings (SSSR count). The van der Waals surface area contributed by atoms with E-state index in [9.17, 15) is 21.6 Å². The van der Waals surface area contributed by atoms with Crippen LogP contribution in [0, 0.1) is 0 Å². The minimum atomic E-state index is -5.60. The van der Waals surface area contributed by atoms with Crippen molar-refractivity contribution < 1.29 is 26.4 Å². The molecule has 142 valence electrons. The quantitative estimate of drug-likeness (QED) is 0.586. The molecular weight excluding hydrogens is 436 g/mol. The first-order valence-electron chi connectivity index (χ1n) is 6.69. The lowest BCUT2D eigenvalue weighted by Gasteiger charge is -2.16. The van der Waals surface area contributed by atoms with Gasteiger partial charge in [-0.05, 0) is 30.3 Å². The largest absolute Gasteiger partial charge is 0.516 e. The first-order valence-corrected chi connectivity index (χ1v) is 9.75. The van der Waals surface area contributed by atoms with Crippen LogP contribution in [-0.4, -0.2) is 13.9 Å². The Bertz CT molecular complexity index is 914. The van der Waals surface area contributed by atoms with E-state index in [1.807, 2.05) is 0 Å². The fraction of sp³-hybridized carbons (Fsp3) is 0.143. The van der Waals surface area contributed by atoms with Gasteiger partial charge in [0.2, 0.25) is 0 Å². The number of thiophene rings is 1. The molecule has 2 aromatic rings. The molecule has 0 aliphatic carbocycles. The summed E-state index contributed by atoms with van der Waals surface area (Å²) in [5, 5.41) is 0.169. The fourth-order valence-electron chi connectivity index (χ4n) is 1.74. The third kappa shape index (κ3) is 5.27. The number of nitrogens with one attached hydrogen (secondary N) is 2. The van der Waals surface area contributed by atoms with Gasteiger partial charge in [-0.25, -0.2) is 0 Å². The van der Waals surface area contributed by atoms with Gasteiger partial charge in [-0.2, -0.15) is 21.6 Å². The van der Waals surface area contributed by atoms with Crippen molar-refractivity contribution in [1.82, 2.24) is 5.48 Å². The van der Waals surface area contributed by atoms with Crippen molar-refractivity contribution in [1.29, 1.82) is 0 Å². The van der Waals surface area contributed by atoms with Gasteiger partial charge in [0.25, 0.3) is 0 Å². The summed E-state index contributed by atoms with van der Waals surface area (Å²) in [5.41, 5.74) is -3.37. The highest BCUT2D eigenvalue weighted by molar-refractivity contribution is 7.93. The molecule has 0 amide bonds. The standard InChI is InChI=1S/C14H11Cl2F3N2O3S2/c1-8(20-24-7-10-3-5-13(16)25-10)11-6-9(15)2-4-12(11)21-26(22,23)14(17,18)19/h2-6,20-21H,1,7H2. The number of hydrogen-bond acceptors (Lipinski definition) is 5. The van der Waals surface area contributed by atoms with E-state index >= 15 is 0 Å². The number of anilines is 1. The van der Waals surface area contributed by atoms with E-state index in [0.717, 1.165) is 10.9 Å². The highest BCUT2D eigenvalue weighted by atomic mass is 35.5. The molecule has 5 nitrogen and oxygen atoms in total. The first-order chi connectivity index (χ1) is 12.0. The second kappa shape index (κ2) is 8.05. The Balaban J connectivity index is 2.14. The summed E-state index contributed by atoms with van der Waals surface area (Å²) in [6.45, 7) is 3.73. The van der Waals surface area contributed by atoms with Crippen LogP contribution >= 0.6 is 34.5 Å². The Morgan fingerprint density at radius 1 is 1.23 bits per heavy atom. The summed E-state index contributed by atoms with van der Waals surface area (Å²) >= 11 is 12.9. The average molecular weight is 447 g/mol. The van der Waals surface area contributed by atoms with Crippen LogP contribution in [0.5, 0.6) is 0 Å². The van der Waals surface area contributed by atoms with Crippen LogP contribution in [0.1, 0.15) is 10.4 Å². The lowest BCUT2D eigenvalue weighted by atomic mass is 10.1. The van der Waals surface area contributed by atoms with Crippen molar-refractivity contribution in [3.8, 4) is 0 Å². The highest BCUT2D eigenvalue weighted by Crippen LogP contribution is 2.31. The minimum Gasteiger partial charge on any atom is -0.275 e. The Hall–Kier alpha value is -1.46. The van der Waals surface area contributed by atoms with Crippen molar-refractivity contribution in [3.05, 3.63) is 56.7 Å². The molecule has 0 aliphatic rings. The normalized spacial score (nSPS) is 12.0. The Morgan fingerprint density at radius 3 is 2.50 bits per heavy atom. The van der Waals surface area contributed by atoms with E-state index in [1.165, 1.54) is 28.2 Å². The maximum atomic E-state index is 12.6. The first kappa shape index (κ1) is 20.8. The van der Waals surface area contributed by atoms with Gasteiger partial charge < -0.3 is 0 Å². The zero-order valence-electron chi connectivity index (χ0n) is 12.7. The molecule has 0 aliphatic heterocycles. The number of rotatable bonds is 7. The van der Waals surface area contributed by atoms with Crippen LogP contribution in [-0.2, 0) is 21.5 Å². The van der Waals surface area contributed by atoms with Gasteiger partial charge in [-0.3, -0.25) is 15.0 Å². The molecule has 0 bridgehead atoms. The Morgan fingerprint density at radius 2 is 1.92 bits per heavy atom. The van der Waals surface area contributed by atoms with Gasteiger partial charge in [0.05, 0.1) is 15.7 Å². The number of alkyl halides is 3. The molecular formula is C14H11Cl2F3N2O3S2. The molecule has 1 aromatic carbocycles. The summed E-state index contributed by atoms with van der Waals surface area (Å²) in [7, 11) is -5.60. The SMILES string of the molecule is C=C(NOCc1ccc(Cl)s1)c1cc(Cl)ccc1NS(=O)(=O)C(F)(F)F. The number of halogens is 5. The van der Waals surface area contributed by atoms with E-state index in [2.05, 4.69) is 12.1 Å². The van der Waals surface area contributed by atoms with Gasteiger partial charge in [0, 0.05) is 15.5 Å². The predicted molar refractivity (Wildman–Crippen MR) is 96.3 cm³/mol. The molecule has 0 atom stereocenters. The maximum Gasteiger partial charge on any atom is 0.516 e. The predicted octanol–water partition coefficient (Wildman–Crippen LogP) is 5.01. The summed E-state index contributed by atoms with van der Waals surface area (Å²) in [6, 6.07) is 6.99. The fourth-order valence-corrected chi connectivity index (χ4v) is 3.49. The maximum absolute atomic E-state index is 12.6. The van der Waals surface area contributed by atoms with Crippen LogP contribution < -0.4 is 10.2 Å². The smallest absolute Gasteiger partial charge is 0.275 e. The van der Waals surface area contributed by atoms with Gasteiger partial charge in [-0.1, -0.05) is 29.8 Å². The van der Waals surface area contributed by atoms with E-state index in [1.54, 1.807) is 12.1 Å². The second-order valence-corrected chi connectivity index (χ2v) is 8.73. The summed E-state index contributed by atoms with van der Waals surface area (Å²) in [6.07, 6.45) is 0. The van der Waals surface area contributed by atoms with Crippen LogP contribution in [0.25, 0.3) is 5.70 Å². The monoisotopic (exact) mass is 446 g/mol. The van der Waals surface area contributed by atoms with E-state index < -0.39 is 15.5 Å². The number of benzene rings is 1. The zero-order valence-corrected chi connectivity index (χ0v) is 15.9. The van der Waals surface area contributed by atoms with Crippen molar-refractivity contribution in [2.45, 2.75) is 12.1 Å². The van der Waals surface area contributed by atoms with Crippen LogP contribution in [0.3, 0.4) is 0 Å². The Kier molecular flexibility index (Phi) is 6.46. The molecule has 12 heteroatoms. The molecule has 0 saturated carbocycles. The molecule has 0 unspecified atom stereocenters. The van der Waals surface area contributed by atoms with Crippen LogP contribution in [0.4, 0.5) is 18.9 Å². The van der Waals surface area contributed by atoms with Crippen LogP contribution in [0.2, 0.25) is 9.36 Å². The van der Waals surface area contributed by atoms with E-state index in [-0.39, 0.29) is 28.6 Å². The number of hydroxylamine groups is 1. The zero-order chi connectivity index (χ0) is 19.5. The van der Waals surface area contributed by atoms with Crippen molar-refractivity contribution >= 4 is 55.9 Å². The van der Waals surface area contributed by atoms with Crippen molar-refractivity contribution in [2.75, 3.05) is 4.72 Å². The van der Waals surface area contributed by atoms with Crippen LogP contribution in [0.15, 0.2) is 36.9 Å². The number of hydrogen-bond donors (Lipinski definition) is 2. The highest BCUT2D eigenvalue weighted by Gasteiger charge is 2.46. The molecule has 0 fully saturated rings. The minimum absolute atomic E-state index is 0.00506. The lowest BCUT2D eigenvalue weighted by Crippen LogP contribution is -2.30. The molecule has 0 saturated heterocycles. The molecule has 1 aromatic heterocycles. The summed E-state index contributed by atoms with van der Waals surface area (Å²) in [5.74, 6) is 0. The van der Waals surface area contributed by atoms with Gasteiger partial charge in [0.15, 0.2) is 0 Å². The van der Waals surface area contributed by atoms with E-state index in [0.29, 0.717) is 4.34 Å². The third-order valence-electron chi connectivity index (χ3n) is 2.89. The topological polar surface area (TPSA) is 67.4 Å². The third-order valence-corrected chi connectivity index (χ3v) is 5.43.